The number of ether oxygens (including phenoxy) is 1. The molecule has 2 aromatic carbocycles. The Balaban J connectivity index is 1.92. The van der Waals surface area contributed by atoms with E-state index in [1.54, 1.807) is 25.1 Å². The Morgan fingerprint density at radius 3 is 2.68 bits per heavy atom. The average molecular weight is 373 g/mol. The highest BCUT2D eigenvalue weighted by molar-refractivity contribution is 8.18. The van der Waals surface area contributed by atoms with E-state index in [-0.39, 0.29) is 5.91 Å². The fourth-order valence-corrected chi connectivity index (χ4v) is 3.52. The number of carbonyl (C=O) groups is 1. The summed E-state index contributed by atoms with van der Waals surface area (Å²) in [7, 11) is 3.35. The van der Waals surface area contributed by atoms with Gasteiger partial charge in [0.1, 0.15) is 5.75 Å². The molecule has 0 radical (unpaired) electrons. The standard InChI is InChI=1S/C19H17ClN2O2S/c1-12-10-14(24-3)9-8-13(12)11-17-18(23)22(2)19(25-17)21-16-7-5-4-6-15(16)20/h4-11H,1-3H3/b17-11+,21-19?. The number of amidine groups is 1. The molecule has 0 saturated carbocycles. The summed E-state index contributed by atoms with van der Waals surface area (Å²) >= 11 is 7.50. The molecule has 0 spiro atoms. The molecule has 1 saturated heterocycles. The molecule has 0 aliphatic carbocycles. The second kappa shape index (κ2) is 7.33. The van der Waals surface area contributed by atoms with Crippen LogP contribution in [0.2, 0.25) is 5.02 Å². The van der Waals surface area contributed by atoms with Gasteiger partial charge in [0.15, 0.2) is 5.17 Å². The molecule has 1 aliphatic rings. The van der Waals surface area contributed by atoms with Crippen molar-refractivity contribution >= 4 is 46.2 Å². The Morgan fingerprint density at radius 2 is 2.00 bits per heavy atom. The number of thioether (sulfide) groups is 1. The zero-order valence-electron chi connectivity index (χ0n) is 14.1. The maximum Gasteiger partial charge on any atom is 0.266 e. The van der Waals surface area contributed by atoms with Crippen LogP contribution in [0.4, 0.5) is 5.69 Å². The quantitative estimate of drug-likeness (QED) is 0.720. The Bertz CT molecular complexity index is 893. The molecule has 4 nitrogen and oxygen atoms in total. The summed E-state index contributed by atoms with van der Waals surface area (Å²) in [6.07, 6.45) is 1.88. The lowest BCUT2D eigenvalue weighted by molar-refractivity contribution is -0.121. The van der Waals surface area contributed by atoms with Crippen LogP contribution in [0.1, 0.15) is 11.1 Å². The number of methoxy groups -OCH3 is 1. The zero-order valence-corrected chi connectivity index (χ0v) is 15.7. The van der Waals surface area contributed by atoms with E-state index >= 15 is 0 Å². The number of nitrogens with zero attached hydrogens (tertiary/aromatic N) is 2. The first kappa shape index (κ1) is 17.6. The van der Waals surface area contributed by atoms with Gasteiger partial charge in [-0.15, -0.1) is 0 Å². The molecule has 0 unspecified atom stereocenters. The van der Waals surface area contributed by atoms with Crippen LogP contribution >= 0.6 is 23.4 Å². The number of amides is 1. The molecule has 1 fully saturated rings. The van der Waals surface area contributed by atoms with Crippen LogP contribution in [0, 0.1) is 6.92 Å². The van der Waals surface area contributed by atoms with Crippen LogP contribution < -0.4 is 4.74 Å². The van der Waals surface area contributed by atoms with E-state index < -0.39 is 0 Å². The maximum absolute atomic E-state index is 12.5. The largest absolute Gasteiger partial charge is 0.497 e. The minimum atomic E-state index is -0.0778. The van der Waals surface area contributed by atoms with Gasteiger partial charge in [-0.05, 0) is 60.2 Å². The van der Waals surface area contributed by atoms with Gasteiger partial charge >= 0.3 is 0 Å². The maximum atomic E-state index is 12.5. The number of hydrogen-bond donors (Lipinski definition) is 0. The SMILES string of the molecule is COc1ccc(/C=C2/SC(=Nc3ccccc3Cl)N(C)C2=O)c(C)c1. The second-order valence-electron chi connectivity index (χ2n) is 5.54. The van der Waals surface area contributed by atoms with E-state index in [2.05, 4.69) is 4.99 Å². The lowest BCUT2D eigenvalue weighted by atomic mass is 10.1. The highest BCUT2D eigenvalue weighted by atomic mass is 35.5. The summed E-state index contributed by atoms with van der Waals surface area (Å²) in [6, 6.07) is 13.1. The molecular weight excluding hydrogens is 356 g/mol. The third-order valence-electron chi connectivity index (χ3n) is 3.84. The lowest BCUT2D eigenvalue weighted by Crippen LogP contribution is -2.23. The normalized spacial score (nSPS) is 17.6. The predicted octanol–water partition coefficient (Wildman–Crippen LogP) is 4.89. The number of halogens is 1. The highest BCUT2D eigenvalue weighted by Gasteiger charge is 2.30. The van der Waals surface area contributed by atoms with Crippen molar-refractivity contribution in [3.8, 4) is 5.75 Å². The van der Waals surface area contributed by atoms with Crippen LogP contribution in [-0.4, -0.2) is 30.1 Å². The van der Waals surface area contributed by atoms with E-state index in [4.69, 9.17) is 16.3 Å². The Kier molecular flexibility index (Phi) is 5.16. The van der Waals surface area contributed by atoms with Crippen molar-refractivity contribution in [2.45, 2.75) is 6.92 Å². The van der Waals surface area contributed by atoms with Gasteiger partial charge in [-0.1, -0.05) is 29.8 Å². The number of para-hydroxylation sites is 1. The highest BCUT2D eigenvalue weighted by Crippen LogP contribution is 2.35. The summed E-state index contributed by atoms with van der Waals surface area (Å²) in [5.74, 6) is 0.717. The smallest absolute Gasteiger partial charge is 0.266 e. The number of rotatable bonds is 3. The van der Waals surface area contributed by atoms with Crippen molar-refractivity contribution in [1.82, 2.24) is 4.90 Å². The van der Waals surface area contributed by atoms with Crippen LogP contribution in [-0.2, 0) is 4.79 Å². The van der Waals surface area contributed by atoms with Gasteiger partial charge in [-0.25, -0.2) is 4.99 Å². The number of likely N-dealkylation sites (N-methyl/N-ethyl adjacent to an activating group) is 1. The molecule has 0 N–H and O–H groups in total. The number of carbonyl (C=O) groups excluding carboxylic acids is 1. The number of hydrogen-bond acceptors (Lipinski definition) is 4. The third-order valence-corrected chi connectivity index (χ3v) is 5.22. The summed E-state index contributed by atoms with van der Waals surface area (Å²) in [5, 5.41) is 1.16. The van der Waals surface area contributed by atoms with Gasteiger partial charge in [0.25, 0.3) is 5.91 Å². The van der Waals surface area contributed by atoms with Gasteiger partial charge in [0, 0.05) is 7.05 Å². The monoisotopic (exact) mass is 372 g/mol. The molecule has 128 valence electrons. The molecule has 3 rings (SSSR count). The van der Waals surface area contributed by atoms with Crippen LogP contribution in [0.25, 0.3) is 6.08 Å². The van der Waals surface area contributed by atoms with Crippen LogP contribution in [0.3, 0.4) is 0 Å². The van der Waals surface area contributed by atoms with Crippen molar-refractivity contribution in [2.24, 2.45) is 4.99 Å². The molecule has 2 aromatic rings. The van der Waals surface area contributed by atoms with Gasteiger partial charge in [-0.3, -0.25) is 9.69 Å². The van der Waals surface area contributed by atoms with Crippen molar-refractivity contribution in [3.63, 3.8) is 0 Å². The Morgan fingerprint density at radius 1 is 1.24 bits per heavy atom. The van der Waals surface area contributed by atoms with E-state index in [1.807, 2.05) is 49.4 Å². The average Bonchev–Trinajstić information content (AvgIpc) is 2.86. The van der Waals surface area contributed by atoms with Gasteiger partial charge in [0.2, 0.25) is 0 Å². The summed E-state index contributed by atoms with van der Waals surface area (Å²) in [4.78, 5) is 19.2. The Labute approximate surface area is 156 Å². The molecule has 1 aliphatic heterocycles. The molecule has 6 heteroatoms. The van der Waals surface area contributed by atoms with Crippen molar-refractivity contribution in [2.75, 3.05) is 14.2 Å². The Hall–Kier alpha value is -2.24. The molecule has 25 heavy (non-hydrogen) atoms. The third kappa shape index (κ3) is 3.72. The van der Waals surface area contributed by atoms with Crippen LogP contribution in [0.5, 0.6) is 5.75 Å². The first-order chi connectivity index (χ1) is 12.0. The molecule has 1 heterocycles. The molecule has 1 amide bonds. The van der Waals surface area contributed by atoms with Crippen molar-refractivity contribution < 1.29 is 9.53 Å². The van der Waals surface area contributed by atoms with E-state index in [0.717, 1.165) is 16.9 Å². The minimum Gasteiger partial charge on any atom is -0.497 e. The summed E-state index contributed by atoms with van der Waals surface area (Å²) < 4.78 is 5.22. The van der Waals surface area contributed by atoms with E-state index in [9.17, 15) is 4.79 Å². The fraction of sp³-hybridized carbons (Fsp3) is 0.158. The van der Waals surface area contributed by atoms with E-state index in [0.29, 0.717) is 20.8 Å². The van der Waals surface area contributed by atoms with Gasteiger partial charge in [0.05, 0.1) is 22.7 Å². The molecular formula is C19H17ClN2O2S. The van der Waals surface area contributed by atoms with Crippen molar-refractivity contribution in [1.29, 1.82) is 0 Å². The summed E-state index contributed by atoms with van der Waals surface area (Å²) in [6.45, 7) is 1.99. The topological polar surface area (TPSA) is 41.9 Å². The first-order valence-electron chi connectivity index (χ1n) is 7.65. The summed E-state index contributed by atoms with van der Waals surface area (Å²) in [5.41, 5.74) is 2.66. The molecule has 0 bridgehead atoms. The fourth-order valence-electron chi connectivity index (χ4n) is 2.38. The molecule has 0 atom stereocenters. The number of aliphatic imine (C=N–C) groups is 1. The van der Waals surface area contributed by atoms with Crippen LogP contribution in [0.15, 0.2) is 52.4 Å². The number of benzene rings is 2. The second-order valence-corrected chi connectivity index (χ2v) is 6.96. The van der Waals surface area contributed by atoms with Gasteiger partial charge < -0.3 is 4.74 Å². The number of aryl methyl sites for hydroxylation is 1. The van der Waals surface area contributed by atoms with Crippen molar-refractivity contribution in [3.05, 3.63) is 63.5 Å². The predicted molar refractivity (Wildman–Crippen MR) is 105 cm³/mol. The van der Waals surface area contributed by atoms with Gasteiger partial charge in [-0.2, -0.15) is 0 Å². The van der Waals surface area contributed by atoms with E-state index in [1.165, 1.54) is 11.8 Å². The minimum absolute atomic E-state index is 0.0778. The first-order valence-corrected chi connectivity index (χ1v) is 8.84. The zero-order chi connectivity index (χ0) is 18.0. The molecule has 0 aromatic heterocycles. The lowest BCUT2D eigenvalue weighted by Gasteiger charge is -2.07.